The number of hydrogen-bond acceptors (Lipinski definition) is 1. The molecule has 2 aromatic heterocycles. The minimum absolute atomic E-state index is 0.377. The second-order valence-electron chi connectivity index (χ2n) is 5.30. The maximum atomic E-state index is 4.86. The van der Waals surface area contributed by atoms with E-state index >= 15 is 0 Å². The van der Waals surface area contributed by atoms with Gasteiger partial charge >= 0.3 is 0 Å². The average molecular weight is 272 g/mol. The van der Waals surface area contributed by atoms with Crippen LogP contribution in [0.15, 0.2) is 79.0 Å². The van der Waals surface area contributed by atoms with E-state index in [1.54, 1.807) is 0 Å². The molecule has 0 bridgehead atoms. The zero-order chi connectivity index (χ0) is 14.1. The van der Waals surface area contributed by atoms with Crippen molar-refractivity contribution in [2.75, 3.05) is 0 Å². The summed E-state index contributed by atoms with van der Waals surface area (Å²) in [6.45, 7) is 0. The molecule has 2 heteroatoms. The average Bonchev–Trinajstić information content (AvgIpc) is 2.96. The smallest absolute Gasteiger partial charge is 0.137 e. The molecule has 3 aromatic rings. The monoisotopic (exact) mass is 272 g/mol. The zero-order valence-corrected chi connectivity index (χ0v) is 11.7. The third-order valence-corrected chi connectivity index (χ3v) is 3.95. The molecule has 1 unspecified atom stereocenters. The van der Waals surface area contributed by atoms with E-state index in [4.69, 9.17) is 4.98 Å². The van der Waals surface area contributed by atoms with Gasteiger partial charge in [0.1, 0.15) is 5.65 Å². The predicted molar refractivity (Wildman–Crippen MR) is 86.3 cm³/mol. The van der Waals surface area contributed by atoms with E-state index in [0.29, 0.717) is 5.92 Å². The fraction of sp³-hybridized carbons (Fsp3) is 0.105. The number of pyridine rings is 1. The number of imidazole rings is 1. The Hall–Kier alpha value is -2.61. The van der Waals surface area contributed by atoms with Gasteiger partial charge in [-0.15, -0.1) is 0 Å². The highest BCUT2D eigenvalue weighted by Gasteiger charge is 2.20. The van der Waals surface area contributed by atoms with Crippen molar-refractivity contribution in [3.05, 3.63) is 84.7 Å². The minimum Gasteiger partial charge on any atom is -0.303 e. The summed E-state index contributed by atoms with van der Waals surface area (Å²) in [6, 6.07) is 16.6. The molecule has 102 valence electrons. The van der Waals surface area contributed by atoms with Gasteiger partial charge in [-0.25, -0.2) is 4.98 Å². The first-order valence-corrected chi connectivity index (χ1v) is 7.29. The van der Waals surface area contributed by atoms with Crippen LogP contribution in [0.25, 0.3) is 16.9 Å². The Balaban J connectivity index is 1.97. The van der Waals surface area contributed by atoms with Crippen molar-refractivity contribution in [3.8, 4) is 11.3 Å². The quantitative estimate of drug-likeness (QED) is 0.666. The SMILES string of the molecule is C1=CCC(c2c(-c3ccccc3)nc3ccccn23)C=C1. The molecule has 21 heavy (non-hydrogen) atoms. The largest absolute Gasteiger partial charge is 0.303 e. The van der Waals surface area contributed by atoms with Crippen LogP contribution in [-0.4, -0.2) is 9.38 Å². The molecular formula is C19H16N2. The van der Waals surface area contributed by atoms with Crippen LogP contribution in [0, 0.1) is 0 Å². The molecule has 0 saturated heterocycles. The van der Waals surface area contributed by atoms with Gasteiger partial charge in [0.25, 0.3) is 0 Å². The maximum absolute atomic E-state index is 4.86. The van der Waals surface area contributed by atoms with E-state index < -0.39 is 0 Å². The van der Waals surface area contributed by atoms with Crippen LogP contribution >= 0.6 is 0 Å². The molecular weight excluding hydrogens is 256 g/mol. The van der Waals surface area contributed by atoms with E-state index in [1.807, 2.05) is 12.1 Å². The summed E-state index contributed by atoms with van der Waals surface area (Å²) in [7, 11) is 0. The Morgan fingerprint density at radius 2 is 1.81 bits per heavy atom. The van der Waals surface area contributed by atoms with Gasteiger partial charge in [-0.1, -0.05) is 60.7 Å². The Kier molecular flexibility index (Phi) is 2.93. The first-order valence-electron chi connectivity index (χ1n) is 7.29. The molecule has 0 fully saturated rings. The summed E-state index contributed by atoms with van der Waals surface area (Å²) in [5, 5.41) is 0. The standard InChI is InChI=1S/C19H16N2/c1-3-9-15(10-4-1)18-19(16-11-5-2-6-12-16)21-14-8-7-13-17(21)20-18/h1-11,13-14,16H,12H2. The van der Waals surface area contributed by atoms with Crippen molar-refractivity contribution in [1.29, 1.82) is 0 Å². The number of rotatable bonds is 2. The topological polar surface area (TPSA) is 17.3 Å². The molecule has 0 amide bonds. The summed E-state index contributed by atoms with van der Waals surface area (Å²) in [6.07, 6.45) is 11.9. The van der Waals surface area contributed by atoms with Crippen LogP contribution < -0.4 is 0 Å². The van der Waals surface area contributed by atoms with Gasteiger partial charge in [-0.2, -0.15) is 0 Å². The number of allylic oxidation sites excluding steroid dienone is 4. The Morgan fingerprint density at radius 3 is 2.62 bits per heavy atom. The van der Waals surface area contributed by atoms with Gasteiger partial charge in [-0.3, -0.25) is 0 Å². The number of benzene rings is 1. The van der Waals surface area contributed by atoms with Crippen LogP contribution in [0.5, 0.6) is 0 Å². The van der Waals surface area contributed by atoms with Crippen molar-refractivity contribution in [1.82, 2.24) is 9.38 Å². The molecule has 1 aliphatic rings. The van der Waals surface area contributed by atoms with Crippen LogP contribution in [0.3, 0.4) is 0 Å². The molecule has 1 aliphatic carbocycles. The highest BCUT2D eigenvalue weighted by molar-refractivity contribution is 5.67. The van der Waals surface area contributed by atoms with E-state index in [0.717, 1.165) is 17.8 Å². The molecule has 0 N–H and O–H groups in total. The van der Waals surface area contributed by atoms with Crippen LogP contribution in [-0.2, 0) is 0 Å². The molecule has 0 radical (unpaired) electrons. The van der Waals surface area contributed by atoms with Gasteiger partial charge in [0.2, 0.25) is 0 Å². The fourth-order valence-corrected chi connectivity index (χ4v) is 2.96. The van der Waals surface area contributed by atoms with Crippen molar-refractivity contribution in [3.63, 3.8) is 0 Å². The number of nitrogens with zero attached hydrogens (tertiary/aromatic N) is 2. The Morgan fingerprint density at radius 1 is 0.952 bits per heavy atom. The fourth-order valence-electron chi connectivity index (χ4n) is 2.96. The van der Waals surface area contributed by atoms with Crippen molar-refractivity contribution in [2.24, 2.45) is 0 Å². The van der Waals surface area contributed by atoms with E-state index in [2.05, 4.69) is 71.3 Å². The molecule has 1 aromatic carbocycles. The van der Waals surface area contributed by atoms with E-state index in [-0.39, 0.29) is 0 Å². The molecule has 1 atom stereocenters. The van der Waals surface area contributed by atoms with Crippen molar-refractivity contribution < 1.29 is 0 Å². The van der Waals surface area contributed by atoms with Crippen molar-refractivity contribution in [2.45, 2.75) is 12.3 Å². The van der Waals surface area contributed by atoms with Crippen LogP contribution in [0.1, 0.15) is 18.0 Å². The number of fused-ring (bicyclic) bond motifs is 1. The van der Waals surface area contributed by atoms with Gasteiger partial charge in [0.05, 0.1) is 11.4 Å². The molecule has 4 rings (SSSR count). The minimum atomic E-state index is 0.377. The molecule has 2 heterocycles. The summed E-state index contributed by atoms with van der Waals surface area (Å²) in [5.41, 5.74) is 4.55. The number of aromatic nitrogens is 2. The lowest BCUT2D eigenvalue weighted by atomic mass is 9.94. The maximum Gasteiger partial charge on any atom is 0.137 e. The summed E-state index contributed by atoms with van der Waals surface area (Å²) < 4.78 is 2.22. The highest BCUT2D eigenvalue weighted by Crippen LogP contribution is 2.33. The highest BCUT2D eigenvalue weighted by atomic mass is 15.0. The van der Waals surface area contributed by atoms with Gasteiger partial charge in [-0.05, 0) is 18.6 Å². The third-order valence-electron chi connectivity index (χ3n) is 3.95. The lowest BCUT2D eigenvalue weighted by molar-refractivity contribution is 0.805. The second kappa shape index (κ2) is 5.06. The Labute approximate surface area is 124 Å². The van der Waals surface area contributed by atoms with Crippen LogP contribution in [0.4, 0.5) is 0 Å². The predicted octanol–water partition coefficient (Wildman–Crippen LogP) is 4.60. The first-order chi connectivity index (χ1) is 10.4. The normalized spacial score (nSPS) is 17.4. The molecule has 2 nitrogen and oxygen atoms in total. The van der Waals surface area contributed by atoms with Gasteiger partial charge < -0.3 is 4.40 Å². The lowest BCUT2D eigenvalue weighted by Gasteiger charge is -2.15. The molecule has 0 aliphatic heterocycles. The van der Waals surface area contributed by atoms with Gasteiger partial charge in [0.15, 0.2) is 0 Å². The molecule has 0 saturated carbocycles. The lowest BCUT2D eigenvalue weighted by Crippen LogP contribution is -2.02. The first kappa shape index (κ1) is 12.2. The van der Waals surface area contributed by atoms with Crippen LogP contribution in [0.2, 0.25) is 0 Å². The Bertz CT molecular complexity index is 825. The van der Waals surface area contributed by atoms with E-state index in [1.165, 1.54) is 11.3 Å². The van der Waals surface area contributed by atoms with Crippen molar-refractivity contribution >= 4 is 5.65 Å². The summed E-state index contributed by atoms with van der Waals surface area (Å²) >= 11 is 0. The zero-order valence-electron chi connectivity index (χ0n) is 11.7. The molecule has 0 spiro atoms. The third kappa shape index (κ3) is 2.09. The van der Waals surface area contributed by atoms with Gasteiger partial charge in [0, 0.05) is 17.7 Å². The summed E-state index contributed by atoms with van der Waals surface area (Å²) in [5.74, 6) is 0.377. The van der Waals surface area contributed by atoms with E-state index in [9.17, 15) is 0 Å². The summed E-state index contributed by atoms with van der Waals surface area (Å²) in [4.78, 5) is 4.86. The second-order valence-corrected chi connectivity index (χ2v) is 5.30. The number of hydrogen-bond donors (Lipinski definition) is 0.